The first-order valence-corrected chi connectivity index (χ1v) is 25.2. The second-order valence-electron chi connectivity index (χ2n) is 14.6. The van der Waals surface area contributed by atoms with Crippen molar-refractivity contribution in [2.75, 3.05) is 10.6 Å². The number of fused-ring (bicyclic) bond motifs is 1. The Morgan fingerprint density at radius 2 is 0.890 bits per heavy atom. The molecule has 9 N–H and O–H groups in total. The van der Waals surface area contributed by atoms with Crippen LogP contribution in [0.15, 0.2) is 166 Å². The molecule has 0 fully saturated rings. The van der Waals surface area contributed by atoms with E-state index < -0.39 is 132 Å². The van der Waals surface area contributed by atoms with Gasteiger partial charge in [0.2, 0.25) is 0 Å². The van der Waals surface area contributed by atoms with Crippen molar-refractivity contribution in [2.45, 2.75) is 19.6 Å². The minimum Gasteiger partial charge on any atom is -0.505 e. The maximum atomic E-state index is 12.6. The molecule has 7 aromatic rings. The van der Waals surface area contributed by atoms with Crippen molar-refractivity contribution in [3.63, 3.8) is 0 Å². The highest BCUT2D eigenvalue weighted by Gasteiger charge is 2.27. The van der Waals surface area contributed by atoms with E-state index in [4.69, 9.17) is 0 Å². The molecule has 0 aliphatic heterocycles. The minimum atomic E-state index is -5.33. The highest BCUT2D eigenvalue weighted by molar-refractivity contribution is 7.86. The van der Waals surface area contributed by atoms with Gasteiger partial charge in [0, 0.05) is 35.6 Å². The van der Waals surface area contributed by atoms with Crippen molar-refractivity contribution in [2.24, 2.45) is 30.7 Å². The zero-order valence-corrected chi connectivity index (χ0v) is 39.0. The van der Waals surface area contributed by atoms with Gasteiger partial charge in [-0.15, -0.1) is 20.5 Å². The molecule has 0 aliphatic carbocycles. The molecule has 0 amide bonds. The van der Waals surface area contributed by atoms with Gasteiger partial charge in [-0.25, -0.2) is 0 Å². The van der Waals surface area contributed by atoms with Gasteiger partial charge >= 0.3 is 0 Å². The predicted molar refractivity (Wildman–Crippen MR) is 253 cm³/mol. The van der Waals surface area contributed by atoms with Crippen molar-refractivity contribution in [3.8, 4) is 17.2 Å². The normalized spacial score (nSPS) is 12.5. The average molecular weight is 1080 g/mol. The predicted octanol–water partition coefficient (Wildman–Crippen LogP) is 9.49. The number of non-ortho nitro benzene ring substituents is 2. The first kappa shape index (κ1) is 51.9. The number of nitro benzene ring substituents is 2. The van der Waals surface area contributed by atoms with Gasteiger partial charge in [-0.1, -0.05) is 0 Å². The summed E-state index contributed by atoms with van der Waals surface area (Å²) in [7, 11) is -20.3. The zero-order chi connectivity index (χ0) is 53.4. The Bertz CT molecular complexity index is 4010. The van der Waals surface area contributed by atoms with E-state index in [0.29, 0.717) is 30.3 Å². The Balaban J connectivity index is 1.20. The standard InChI is InChI=1S/C40H28N10O19S4/c51-32-14-13-30(39(52)37(32)47-43-23-5-1-21(2-6-23)41-28-11-9-25(49(54)55)17-33(28)71(61,62)63)45-46-31-19-27(70(58,59)60)15-20-16-35(73(67,68)69)38(40(53)36(20)31)48-44-24-7-3-22(4-8-24)42-29-12-10-26(50(56)57)18-34(29)72(64,65)66/h1-19,41-42,51-53H,(H,58,59,60)(H,61,62,63)(H,64,65,66)(H,67,68,69). The molecule has 73 heavy (non-hydrogen) atoms. The molecule has 0 heterocycles. The monoisotopic (exact) mass is 1080 g/mol. The maximum Gasteiger partial charge on any atom is 0.296 e. The highest BCUT2D eigenvalue weighted by Crippen LogP contribution is 2.48. The third kappa shape index (κ3) is 11.8. The molecule has 0 aliphatic rings. The summed E-state index contributed by atoms with van der Waals surface area (Å²) < 4.78 is 137. The van der Waals surface area contributed by atoms with Crippen LogP contribution >= 0.6 is 0 Å². The lowest BCUT2D eigenvalue weighted by Gasteiger charge is -2.12. The lowest BCUT2D eigenvalue weighted by molar-refractivity contribution is -0.385. The van der Waals surface area contributed by atoms with Crippen LogP contribution in [-0.4, -0.2) is 77.0 Å². The average Bonchev–Trinajstić information content (AvgIpc) is 3.30. The number of hydrogen-bond donors (Lipinski definition) is 9. The third-order valence-corrected chi connectivity index (χ3v) is 13.3. The molecule has 0 bridgehead atoms. The van der Waals surface area contributed by atoms with Gasteiger partial charge in [-0.2, -0.15) is 43.9 Å². The number of azo groups is 3. The van der Waals surface area contributed by atoms with Gasteiger partial charge in [0.15, 0.2) is 17.2 Å². The summed E-state index contributed by atoms with van der Waals surface area (Å²) in [6, 6.07) is 19.8. The van der Waals surface area contributed by atoms with E-state index in [9.17, 15) is 87.4 Å². The van der Waals surface area contributed by atoms with E-state index in [2.05, 4.69) is 41.3 Å². The zero-order valence-electron chi connectivity index (χ0n) is 35.7. The summed E-state index contributed by atoms with van der Waals surface area (Å²) in [4.78, 5) is 16.9. The number of aromatic hydroxyl groups is 3. The Morgan fingerprint density at radius 1 is 0.438 bits per heavy atom. The third-order valence-electron chi connectivity index (χ3n) is 9.78. The van der Waals surface area contributed by atoms with Crippen molar-refractivity contribution in [3.05, 3.63) is 135 Å². The molecule has 0 aromatic heterocycles. The van der Waals surface area contributed by atoms with Gasteiger partial charge in [0.05, 0.1) is 48.6 Å². The quantitative estimate of drug-likeness (QED) is 0.0188. The van der Waals surface area contributed by atoms with E-state index in [-0.39, 0.29) is 34.1 Å². The van der Waals surface area contributed by atoms with Crippen LogP contribution in [0, 0.1) is 20.2 Å². The number of anilines is 4. The molecule has 0 spiro atoms. The van der Waals surface area contributed by atoms with Crippen LogP contribution in [0.4, 0.5) is 68.2 Å². The maximum absolute atomic E-state index is 12.6. The Morgan fingerprint density at radius 3 is 1.33 bits per heavy atom. The second-order valence-corrected chi connectivity index (χ2v) is 20.2. The number of rotatable bonds is 16. The van der Waals surface area contributed by atoms with Gasteiger partial charge < -0.3 is 26.0 Å². The molecule has 0 unspecified atom stereocenters. The minimum absolute atomic E-state index is 0.0711. The summed E-state index contributed by atoms with van der Waals surface area (Å²) in [5, 5.41) is 83.0. The number of phenols is 3. The van der Waals surface area contributed by atoms with E-state index >= 15 is 0 Å². The first-order valence-electron chi connectivity index (χ1n) is 19.4. The number of phenolic OH excluding ortho intramolecular Hbond substituents is 3. The molecular formula is C40H28N10O19S4. The van der Waals surface area contributed by atoms with Crippen LogP contribution in [-0.2, 0) is 40.5 Å². The summed E-state index contributed by atoms with van der Waals surface area (Å²) in [5.74, 6) is -2.63. The topological polar surface area (TPSA) is 463 Å². The molecule has 0 radical (unpaired) electrons. The van der Waals surface area contributed by atoms with Crippen LogP contribution < -0.4 is 10.6 Å². The Kier molecular flexibility index (Phi) is 14.0. The van der Waals surface area contributed by atoms with Crippen molar-refractivity contribution >= 4 is 119 Å². The first-order chi connectivity index (χ1) is 34.1. The molecular weight excluding hydrogens is 1050 g/mol. The fourth-order valence-electron chi connectivity index (χ4n) is 6.44. The molecule has 7 aromatic carbocycles. The van der Waals surface area contributed by atoms with Gasteiger partial charge in [-0.05, 0) is 96.4 Å². The fourth-order valence-corrected chi connectivity index (χ4v) is 8.96. The number of benzene rings is 7. The summed E-state index contributed by atoms with van der Waals surface area (Å²) in [6.07, 6.45) is 0. The van der Waals surface area contributed by atoms with E-state index in [1.54, 1.807) is 0 Å². The Hall–Kier alpha value is -8.96. The van der Waals surface area contributed by atoms with Gasteiger partial charge in [-0.3, -0.25) is 38.4 Å². The summed E-state index contributed by atoms with van der Waals surface area (Å²) in [5.41, 5.74) is -4.03. The van der Waals surface area contributed by atoms with Crippen molar-refractivity contribution in [1.82, 2.24) is 0 Å². The van der Waals surface area contributed by atoms with Crippen molar-refractivity contribution < 1.29 is 77.0 Å². The van der Waals surface area contributed by atoms with Crippen LogP contribution in [0.25, 0.3) is 10.8 Å². The molecule has 376 valence electrons. The summed E-state index contributed by atoms with van der Waals surface area (Å²) in [6.45, 7) is 0. The van der Waals surface area contributed by atoms with Gasteiger partial charge in [0.1, 0.15) is 31.8 Å². The van der Waals surface area contributed by atoms with E-state index in [1.165, 1.54) is 48.5 Å². The van der Waals surface area contributed by atoms with E-state index in [1.807, 2.05) is 0 Å². The van der Waals surface area contributed by atoms with Crippen LogP contribution in [0.1, 0.15) is 0 Å². The van der Waals surface area contributed by atoms with E-state index in [0.717, 1.165) is 36.4 Å². The molecule has 0 saturated carbocycles. The molecule has 0 saturated heterocycles. The van der Waals surface area contributed by atoms with Gasteiger partial charge in [0.25, 0.3) is 51.8 Å². The smallest absolute Gasteiger partial charge is 0.296 e. The number of hydrogen-bond acceptors (Lipinski definition) is 23. The number of nitrogens with one attached hydrogen (secondary N) is 2. The molecule has 7 rings (SSSR count). The van der Waals surface area contributed by atoms with Crippen LogP contribution in [0.2, 0.25) is 0 Å². The lowest BCUT2D eigenvalue weighted by atomic mass is 10.1. The highest BCUT2D eigenvalue weighted by atomic mass is 32.2. The lowest BCUT2D eigenvalue weighted by Crippen LogP contribution is -2.04. The van der Waals surface area contributed by atoms with Crippen LogP contribution in [0.3, 0.4) is 0 Å². The molecule has 33 heteroatoms. The second kappa shape index (κ2) is 19.7. The molecule has 0 atom stereocenters. The number of nitrogens with zero attached hydrogens (tertiary/aromatic N) is 8. The number of nitro groups is 2. The largest absolute Gasteiger partial charge is 0.505 e. The van der Waals surface area contributed by atoms with Crippen LogP contribution in [0.5, 0.6) is 17.2 Å². The summed E-state index contributed by atoms with van der Waals surface area (Å²) >= 11 is 0. The Labute approximate surface area is 408 Å². The molecule has 29 nitrogen and oxygen atoms in total. The van der Waals surface area contributed by atoms with Crippen molar-refractivity contribution in [1.29, 1.82) is 0 Å². The SMILES string of the molecule is O=[N+]([O-])c1ccc(Nc2ccc(N=Nc3c(O)ccc(N=Nc4cc(S(=O)(=O)O)cc5cc(S(=O)(=O)O)c(N=Nc6ccc(Nc7ccc([N+](=O)[O-])cc7S(=O)(=O)O)cc6)c(O)c45)c3O)cc2)c(S(=O)(=O)O)c1. The fraction of sp³-hybridized carbons (Fsp3) is 0.